The third-order valence-electron chi connectivity index (χ3n) is 2.34. The Hall–Kier alpha value is -2.30. The molecule has 0 heterocycles. The fourth-order valence-electron chi connectivity index (χ4n) is 1.33. The molecule has 2 amide bonds. The van der Waals surface area contributed by atoms with Crippen LogP contribution in [-0.4, -0.2) is 34.9 Å². The second-order valence-electron chi connectivity index (χ2n) is 3.83. The van der Waals surface area contributed by atoms with E-state index in [0.717, 1.165) is 0 Å². The third kappa shape index (κ3) is 4.76. The number of anilines is 1. The maximum Gasteiger partial charge on any atom is 0.332 e. The molecule has 0 bridgehead atoms. The van der Waals surface area contributed by atoms with Gasteiger partial charge in [-0.3, -0.25) is 0 Å². The van der Waals surface area contributed by atoms with Crippen molar-refractivity contribution in [3.05, 3.63) is 28.8 Å². The molecular weight excluding hydrogens is 286 g/mol. The Bertz CT molecular complexity index is 556. The van der Waals surface area contributed by atoms with E-state index in [0.29, 0.717) is 5.02 Å². The second kappa shape index (κ2) is 7.33. The summed E-state index contributed by atoms with van der Waals surface area (Å²) in [6.45, 7) is -0.0260. The van der Waals surface area contributed by atoms with Gasteiger partial charge in [0.05, 0.1) is 11.3 Å². The molecule has 0 radical (unpaired) electrons. The predicted octanol–water partition coefficient (Wildman–Crippen LogP) is 1.17. The number of aliphatic hydroxyl groups is 1. The number of amides is 2. The number of aliphatic carboxylic acids is 1. The minimum Gasteiger partial charge on any atom is -0.479 e. The predicted molar refractivity (Wildman–Crippen MR) is 71.4 cm³/mol. The summed E-state index contributed by atoms with van der Waals surface area (Å²) in [5.41, 5.74) is 0.492. The summed E-state index contributed by atoms with van der Waals surface area (Å²) in [6, 6.07) is 5.68. The number of hydrogen-bond donors (Lipinski definition) is 4. The topological polar surface area (TPSA) is 122 Å². The van der Waals surface area contributed by atoms with E-state index in [4.69, 9.17) is 27.1 Å². The first kappa shape index (κ1) is 15.8. The molecule has 1 unspecified atom stereocenters. The van der Waals surface area contributed by atoms with Crippen molar-refractivity contribution in [1.82, 2.24) is 5.32 Å². The van der Waals surface area contributed by atoms with E-state index in [1.807, 2.05) is 6.07 Å². The molecule has 7 nitrogen and oxygen atoms in total. The molecule has 1 rings (SSSR count). The monoisotopic (exact) mass is 297 g/mol. The first-order valence-corrected chi connectivity index (χ1v) is 5.97. The molecule has 0 saturated carbocycles. The normalized spacial score (nSPS) is 11.2. The number of nitrogens with zero attached hydrogens (tertiary/aromatic N) is 1. The van der Waals surface area contributed by atoms with Crippen LogP contribution >= 0.6 is 11.6 Å². The number of urea groups is 1. The summed E-state index contributed by atoms with van der Waals surface area (Å²) >= 11 is 5.76. The Labute approximate surface area is 119 Å². The van der Waals surface area contributed by atoms with Crippen molar-refractivity contribution < 1.29 is 19.8 Å². The lowest BCUT2D eigenvalue weighted by molar-refractivity contribution is -0.146. The molecule has 8 heteroatoms. The number of carboxylic acids is 1. The van der Waals surface area contributed by atoms with Crippen LogP contribution < -0.4 is 10.6 Å². The number of rotatable bonds is 5. The molecule has 106 valence electrons. The number of aliphatic hydroxyl groups excluding tert-OH is 1. The smallest absolute Gasteiger partial charge is 0.332 e. The van der Waals surface area contributed by atoms with Gasteiger partial charge in [-0.15, -0.1) is 0 Å². The summed E-state index contributed by atoms with van der Waals surface area (Å²) in [5.74, 6) is -1.35. The van der Waals surface area contributed by atoms with Crippen molar-refractivity contribution in [3.8, 4) is 6.07 Å². The quantitative estimate of drug-likeness (QED) is 0.649. The van der Waals surface area contributed by atoms with Crippen molar-refractivity contribution >= 4 is 29.3 Å². The Morgan fingerprint density at radius 3 is 2.75 bits per heavy atom. The van der Waals surface area contributed by atoms with Gasteiger partial charge in [0.25, 0.3) is 0 Å². The van der Waals surface area contributed by atoms with Crippen molar-refractivity contribution in [2.45, 2.75) is 12.5 Å². The average molecular weight is 298 g/mol. The van der Waals surface area contributed by atoms with Gasteiger partial charge in [-0.1, -0.05) is 11.6 Å². The molecule has 0 fully saturated rings. The summed E-state index contributed by atoms with van der Waals surface area (Å²) in [4.78, 5) is 21.9. The van der Waals surface area contributed by atoms with Gasteiger partial charge in [-0.2, -0.15) is 5.26 Å². The third-order valence-corrected chi connectivity index (χ3v) is 2.57. The van der Waals surface area contributed by atoms with Crippen LogP contribution in [-0.2, 0) is 4.79 Å². The van der Waals surface area contributed by atoms with Crippen LogP contribution in [0.15, 0.2) is 18.2 Å². The Morgan fingerprint density at radius 2 is 2.15 bits per heavy atom. The summed E-state index contributed by atoms with van der Waals surface area (Å²) in [6.07, 6.45) is -1.65. The highest BCUT2D eigenvalue weighted by Gasteiger charge is 2.13. The van der Waals surface area contributed by atoms with Crippen molar-refractivity contribution in [1.29, 1.82) is 5.26 Å². The van der Waals surface area contributed by atoms with Crippen LogP contribution in [0.25, 0.3) is 0 Å². The molecule has 0 spiro atoms. The fourth-order valence-corrected chi connectivity index (χ4v) is 1.50. The van der Waals surface area contributed by atoms with Crippen LogP contribution in [0.2, 0.25) is 5.02 Å². The zero-order valence-corrected chi connectivity index (χ0v) is 11.0. The van der Waals surface area contributed by atoms with Crippen LogP contribution in [0, 0.1) is 11.3 Å². The van der Waals surface area contributed by atoms with Crippen molar-refractivity contribution in [2.24, 2.45) is 0 Å². The highest BCUT2D eigenvalue weighted by Crippen LogP contribution is 2.20. The lowest BCUT2D eigenvalue weighted by Crippen LogP contribution is -2.33. The average Bonchev–Trinajstić information content (AvgIpc) is 2.38. The zero-order valence-electron chi connectivity index (χ0n) is 10.3. The zero-order chi connectivity index (χ0) is 15.1. The molecule has 20 heavy (non-hydrogen) atoms. The number of carboxylic acid groups (broad SMARTS) is 1. The Kier molecular flexibility index (Phi) is 5.77. The van der Waals surface area contributed by atoms with Gasteiger partial charge in [0.2, 0.25) is 0 Å². The molecule has 1 aromatic carbocycles. The van der Waals surface area contributed by atoms with Crippen molar-refractivity contribution in [3.63, 3.8) is 0 Å². The number of hydrogen-bond acceptors (Lipinski definition) is 4. The molecule has 1 aromatic rings. The van der Waals surface area contributed by atoms with Crippen molar-refractivity contribution in [2.75, 3.05) is 11.9 Å². The van der Waals surface area contributed by atoms with Gasteiger partial charge in [0.15, 0.2) is 6.10 Å². The first-order chi connectivity index (χ1) is 9.43. The SMILES string of the molecule is N#Cc1ccc(Cl)cc1NC(=O)NCCC(O)C(=O)O. The molecular formula is C12H12ClN3O4. The molecule has 0 saturated heterocycles. The lowest BCUT2D eigenvalue weighted by Gasteiger charge is -2.10. The number of carbonyl (C=O) groups is 2. The van der Waals surface area contributed by atoms with Gasteiger partial charge < -0.3 is 20.8 Å². The number of nitrogens with one attached hydrogen (secondary N) is 2. The van der Waals surface area contributed by atoms with E-state index < -0.39 is 18.1 Å². The van der Waals surface area contributed by atoms with Gasteiger partial charge in [0, 0.05) is 18.0 Å². The van der Waals surface area contributed by atoms with E-state index in [1.54, 1.807) is 0 Å². The highest BCUT2D eigenvalue weighted by atomic mass is 35.5. The Morgan fingerprint density at radius 1 is 1.45 bits per heavy atom. The van der Waals surface area contributed by atoms with E-state index in [9.17, 15) is 9.59 Å². The van der Waals surface area contributed by atoms with Crippen LogP contribution in [0.3, 0.4) is 0 Å². The summed E-state index contributed by atoms with van der Waals surface area (Å²) in [5, 5.41) is 31.5. The van der Waals surface area contributed by atoms with Crippen LogP contribution in [0.5, 0.6) is 0 Å². The molecule has 0 aromatic heterocycles. The molecule has 1 atom stereocenters. The molecule has 4 N–H and O–H groups in total. The standard InChI is InChI=1S/C12H12ClN3O4/c13-8-2-1-7(6-14)9(5-8)16-12(20)15-4-3-10(17)11(18)19/h1-2,5,10,17H,3-4H2,(H,18,19)(H2,15,16,20). The maximum atomic E-state index is 11.5. The first-order valence-electron chi connectivity index (χ1n) is 5.59. The van der Waals surface area contributed by atoms with Crippen LogP contribution in [0.1, 0.15) is 12.0 Å². The van der Waals surface area contributed by atoms with Crippen LogP contribution in [0.4, 0.5) is 10.5 Å². The lowest BCUT2D eigenvalue weighted by atomic mass is 10.2. The summed E-state index contributed by atoms with van der Waals surface area (Å²) < 4.78 is 0. The molecule has 0 aliphatic heterocycles. The number of benzene rings is 1. The van der Waals surface area contributed by atoms with E-state index in [-0.39, 0.29) is 24.2 Å². The van der Waals surface area contributed by atoms with E-state index >= 15 is 0 Å². The van der Waals surface area contributed by atoms with Gasteiger partial charge in [0.1, 0.15) is 6.07 Å². The largest absolute Gasteiger partial charge is 0.479 e. The van der Waals surface area contributed by atoms with Gasteiger partial charge in [-0.05, 0) is 18.2 Å². The summed E-state index contributed by atoms with van der Waals surface area (Å²) in [7, 11) is 0. The fraction of sp³-hybridized carbons (Fsp3) is 0.250. The highest BCUT2D eigenvalue weighted by molar-refractivity contribution is 6.31. The van der Waals surface area contributed by atoms with Gasteiger partial charge >= 0.3 is 12.0 Å². The maximum absolute atomic E-state index is 11.5. The Balaban J connectivity index is 2.53. The number of carbonyl (C=O) groups excluding carboxylic acids is 1. The molecule has 0 aliphatic rings. The number of nitriles is 1. The minimum absolute atomic E-state index is 0.0260. The minimum atomic E-state index is -1.53. The second-order valence-corrected chi connectivity index (χ2v) is 4.26. The number of halogens is 1. The molecule has 0 aliphatic carbocycles. The van der Waals surface area contributed by atoms with Gasteiger partial charge in [-0.25, -0.2) is 9.59 Å². The van der Waals surface area contributed by atoms with E-state index in [2.05, 4.69) is 10.6 Å². The van der Waals surface area contributed by atoms with E-state index in [1.165, 1.54) is 18.2 Å².